The molecule has 1 heterocycles. The molecule has 0 bridgehead atoms. The quantitative estimate of drug-likeness (QED) is 0.679. The molecule has 11 heteroatoms. The van der Waals surface area contributed by atoms with E-state index < -0.39 is 47.1 Å². The van der Waals surface area contributed by atoms with E-state index in [-0.39, 0.29) is 0 Å². The maximum atomic E-state index is 12.4. The van der Waals surface area contributed by atoms with Crippen LogP contribution < -0.4 is 0 Å². The molecule has 110 valence electrons. The van der Waals surface area contributed by atoms with Crippen molar-refractivity contribution in [2.24, 2.45) is 0 Å². The molecule has 0 saturated heterocycles. The van der Waals surface area contributed by atoms with Crippen LogP contribution in [0.5, 0.6) is 0 Å². The van der Waals surface area contributed by atoms with Crippen molar-refractivity contribution in [1.82, 2.24) is 4.98 Å². The fraction of sp³-hybridized carbons (Fsp3) is 0.333. The van der Waals surface area contributed by atoms with Crippen molar-refractivity contribution in [3.63, 3.8) is 0 Å². The number of hydrogen-bond acceptors (Lipinski definition) is 2. The van der Waals surface area contributed by atoms with Crippen LogP contribution in [0.25, 0.3) is 0 Å². The molecule has 0 aromatic carbocycles. The van der Waals surface area contributed by atoms with Gasteiger partial charge in [0.1, 0.15) is 6.07 Å². The molecular formula is C9HF9N2. The predicted molar refractivity (Wildman–Crippen MR) is 44.0 cm³/mol. The minimum absolute atomic E-state index is 0.515. The molecule has 1 aromatic heterocycles. The Morgan fingerprint density at radius 2 is 1.25 bits per heavy atom. The van der Waals surface area contributed by atoms with Gasteiger partial charge >= 0.3 is 18.5 Å². The average molecular weight is 308 g/mol. The van der Waals surface area contributed by atoms with Gasteiger partial charge < -0.3 is 0 Å². The summed E-state index contributed by atoms with van der Waals surface area (Å²) in [6, 6.07) is 0.228. The molecule has 2 nitrogen and oxygen atoms in total. The van der Waals surface area contributed by atoms with Crippen LogP contribution in [0, 0.1) is 11.3 Å². The molecule has 0 saturated carbocycles. The van der Waals surface area contributed by atoms with E-state index in [2.05, 4.69) is 0 Å². The van der Waals surface area contributed by atoms with Gasteiger partial charge in [0.25, 0.3) is 0 Å². The lowest BCUT2D eigenvalue weighted by atomic mass is 10.1. The van der Waals surface area contributed by atoms with Gasteiger partial charge in [0.05, 0.1) is 11.1 Å². The van der Waals surface area contributed by atoms with Crippen LogP contribution in [0.4, 0.5) is 39.5 Å². The van der Waals surface area contributed by atoms with Gasteiger partial charge in [-0.15, -0.1) is 0 Å². The Labute approximate surface area is 104 Å². The molecular weight excluding hydrogens is 307 g/mol. The second-order valence-corrected chi connectivity index (χ2v) is 3.39. The number of pyridine rings is 1. The topological polar surface area (TPSA) is 36.7 Å². The zero-order valence-corrected chi connectivity index (χ0v) is 8.87. The van der Waals surface area contributed by atoms with E-state index in [9.17, 15) is 39.5 Å². The van der Waals surface area contributed by atoms with Crippen LogP contribution in [0.2, 0.25) is 0 Å². The molecule has 0 atom stereocenters. The van der Waals surface area contributed by atoms with Crippen LogP contribution in [0.15, 0.2) is 6.07 Å². The Kier molecular flexibility index (Phi) is 3.64. The van der Waals surface area contributed by atoms with E-state index in [4.69, 9.17) is 5.26 Å². The molecule has 0 aliphatic carbocycles. The molecule has 1 aromatic rings. The van der Waals surface area contributed by atoms with Crippen molar-refractivity contribution in [3.8, 4) is 6.07 Å². The molecule has 0 fully saturated rings. The van der Waals surface area contributed by atoms with E-state index in [0.717, 1.165) is 6.07 Å². The summed E-state index contributed by atoms with van der Waals surface area (Å²) in [5.74, 6) is 0. The van der Waals surface area contributed by atoms with Gasteiger partial charge in [-0.3, -0.25) is 0 Å². The summed E-state index contributed by atoms with van der Waals surface area (Å²) in [7, 11) is 0. The van der Waals surface area contributed by atoms with Crippen LogP contribution in [-0.4, -0.2) is 4.98 Å². The van der Waals surface area contributed by atoms with Crippen molar-refractivity contribution in [2.75, 3.05) is 0 Å². The van der Waals surface area contributed by atoms with Crippen LogP contribution in [-0.2, 0) is 18.5 Å². The van der Waals surface area contributed by atoms with Gasteiger partial charge in [-0.25, -0.2) is 4.98 Å². The number of nitriles is 1. The Morgan fingerprint density at radius 3 is 1.55 bits per heavy atom. The van der Waals surface area contributed by atoms with Gasteiger partial charge in [0.15, 0.2) is 11.4 Å². The third kappa shape index (κ3) is 3.12. The van der Waals surface area contributed by atoms with E-state index in [1.165, 1.54) is 0 Å². The van der Waals surface area contributed by atoms with Crippen molar-refractivity contribution >= 4 is 0 Å². The molecule has 0 spiro atoms. The highest BCUT2D eigenvalue weighted by Gasteiger charge is 2.48. The smallest absolute Gasteiger partial charge is 0.237 e. The fourth-order valence-corrected chi connectivity index (χ4v) is 1.25. The van der Waals surface area contributed by atoms with Gasteiger partial charge in [-0.05, 0) is 6.07 Å². The molecule has 0 unspecified atom stereocenters. The monoisotopic (exact) mass is 308 g/mol. The summed E-state index contributed by atoms with van der Waals surface area (Å²) in [5.41, 5.74) is -9.15. The van der Waals surface area contributed by atoms with Crippen molar-refractivity contribution < 1.29 is 39.5 Å². The maximum Gasteiger partial charge on any atom is 0.434 e. The molecule has 0 amide bonds. The fourth-order valence-electron chi connectivity index (χ4n) is 1.25. The normalized spacial score (nSPS) is 13.2. The zero-order chi connectivity index (χ0) is 15.9. The summed E-state index contributed by atoms with van der Waals surface area (Å²) in [5, 5.41) is 8.33. The van der Waals surface area contributed by atoms with Gasteiger partial charge in [0.2, 0.25) is 0 Å². The summed E-state index contributed by atoms with van der Waals surface area (Å²) >= 11 is 0. The van der Waals surface area contributed by atoms with E-state index in [1.807, 2.05) is 4.98 Å². The summed E-state index contributed by atoms with van der Waals surface area (Å²) in [6.45, 7) is 0. The molecule has 20 heavy (non-hydrogen) atoms. The predicted octanol–water partition coefficient (Wildman–Crippen LogP) is 4.01. The first kappa shape index (κ1) is 16.1. The van der Waals surface area contributed by atoms with Gasteiger partial charge in [-0.2, -0.15) is 44.8 Å². The Hall–Kier alpha value is -1.99. The van der Waals surface area contributed by atoms with Crippen molar-refractivity contribution in [2.45, 2.75) is 18.5 Å². The zero-order valence-electron chi connectivity index (χ0n) is 8.87. The Balaban J connectivity index is 3.78. The summed E-state index contributed by atoms with van der Waals surface area (Å²) in [6.07, 6.45) is -16.8. The van der Waals surface area contributed by atoms with Crippen molar-refractivity contribution in [1.29, 1.82) is 5.26 Å². The molecule has 0 aliphatic rings. The van der Waals surface area contributed by atoms with E-state index in [1.54, 1.807) is 0 Å². The van der Waals surface area contributed by atoms with Gasteiger partial charge in [-0.1, -0.05) is 0 Å². The molecule has 0 radical (unpaired) electrons. The highest BCUT2D eigenvalue weighted by atomic mass is 19.4. The lowest BCUT2D eigenvalue weighted by Crippen LogP contribution is -2.23. The Morgan fingerprint density at radius 1 is 0.800 bits per heavy atom. The first-order valence-corrected chi connectivity index (χ1v) is 4.45. The number of halogens is 9. The first-order valence-electron chi connectivity index (χ1n) is 4.45. The largest absolute Gasteiger partial charge is 0.434 e. The van der Waals surface area contributed by atoms with E-state index in [0.29, 0.717) is 0 Å². The first-order chi connectivity index (χ1) is 8.78. The lowest BCUT2D eigenvalue weighted by molar-refractivity contribution is -0.168. The van der Waals surface area contributed by atoms with Crippen molar-refractivity contribution in [3.05, 3.63) is 28.6 Å². The van der Waals surface area contributed by atoms with Crippen LogP contribution in [0.3, 0.4) is 0 Å². The standard InChI is InChI=1S/C9HF9N2/c10-7(11,12)4-1-3(2-19)5(8(13,14)15)20-6(4)9(16,17)18/h1H. The Bertz CT molecular complexity index is 559. The SMILES string of the molecule is N#Cc1cc(C(F)(F)F)c(C(F)(F)F)nc1C(F)(F)F. The third-order valence-corrected chi connectivity index (χ3v) is 1.99. The highest BCUT2D eigenvalue weighted by Crippen LogP contribution is 2.42. The number of aromatic nitrogens is 1. The second kappa shape index (κ2) is 4.53. The summed E-state index contributed by atoms with van der Waals surface area (Å²) in [4.78, 5) is 1.96. The van der Waals surface area contributed by atoms with Crippen LogP contribution in [0.1, 0.15) is 22.5 Å². The van der Waals surface area contributed by atoms with Gasteiger partial charge in [0, 0.05) is 0 Å². The lowest BCUT2D eigenvalue weighted by Gasteiger charge is -2.17. The van der Waals surface area contributed by atoms with E-state index >= 15 is 0 Å². The molecule has 1 rings (SSSR count). The molecule has 0 aliphatic heterocycles. The molecule has 0 N–H and O–H groups in total. The summed E-state index contributed by atoms with van der Waals surface area (Å²) < 4.78 is 111. The minimum atomic E-state index is -5.75. The highest BCUT2D eigenvalue weighted by molar-refractivity contribution is 5.42. The number of rotatable bonds is 0. The maximum absolute atomic E-state index is 12.4. The third-order valence-electron chi connectivity index (χ3n) is 1.99. The second-order valence-electron chi connectivity index (χ2n) is 3.39. The minimum Gasteiger partial charge on any atom is -0.237 e. The number of hydrogen-bond donors (Lipinski definition) is 0. The average Bonchev–Trinajstić information content (AvgIpc) is 2.23. The number of alkyl halides is 9. The van der Waals surface area contributed by atoms with Crippen LogP contribution >= 0.6 is 0 Å². The number of nitrogens with zero attached hydrogens (tertiary/aromatic N) is 2.